The van der Waals surface area contributed by atoms with E-state index in [1.807, 2.05) is 0 Å². The highest BCUT2D eigenvalue weighted by molar-refractivity contribution is 6.08. The van der Waals surface area contributed by atoms with Crippen LogP contribution in [0.1, 0.15) is 47.8 Å². The van der Waals surface area contributed by atoms with Crippen molar-refractivity contribution in [1.82, 2.24) is 0 Å². The van der Waals surface area contributed by atoms with Gasteiger partial charge in [-0.1, -0.05) is 20.8 Å². The van der Waals surface area contributed by atoms with Crippen molar-refractivity contribution in [3.63, 3.8) is 0 Å². The lowest BCUT2D eigenvalue weighted by Gasteiger charge is -2.23. The summed E-state index contributed by atoms with van der Waals surface area (Å²) in [4.78, 5) is 12.7. The number of benzene rings is 2. The highest BCUT2D eigenvalue weighted by Gasteiger charge is 2.33. The van der Waals surface area contributed by atoms with Gasteiger partial charge in [0.15, 0.2) is 5.75 Å². The Morgan fingerprint density at radius 3 is 2.34 bits per heavy atom. The number of nitrogens with one attached hydrogen (secondary N) is 1. The lowest BCUT2D eigenvalue weighted by Crippen LogP contribution is -2.21. The van der Waals surface area contributed by atoms with Gasteiger partial charge in [-0.15, -0.1) is 13.2 Å². The Bertz CT molecular complexity index is 1000. The van der Waals surface area contributed by atoms with Gasteiger partial charge in [0.1, 0.15) is 11.6 Å². The van der Waals surface area contributed by atoms with E-state index in [-0.39, 0.29) is 16.7 Å². The van der Waals surface area contributed by atoms with E-state index < -0.39 is 46.3 Å². The zero-order valence-electron chi connectivity index (χ0n) is 16.0. The molecule has 5 nitrogen and oxygen atoms in total. The fourth-order valence-corrected chi connectivity index (χ4v) is 2.67. The van der Waals surface area contributed by atoms with E-state index in [9.17, 15) is 27.5 Å². The summed E-state index contributed by atoms with van der Waals surface area (Å²) in [5, 5.41) is 21.6. The van der Waals surface area contributed by atoms with Crippen LogP contribution in [0.4, 0.5) is 23.2 Å². The van der Waals surface area contributed by atoms with E-state index in [1.165, 1.54) is 13.0 Å². The molecule has 154 valence electrons. The molecule has 0 heterocycles. The number of anilines is 1. The molecule has 0 aliphatic carbocycles. The number of aromatic hydroxyl groups is 1. The van der Waals surface area contributed by atoms with Crippen LogP contribution in [0, 0.1) is 24.1 Å². The largest absolute Gasteiger partial charge is 0.573 e. The maximum atomic E-state index is 14.3. The van der Waals surface area contributed by atoms with E-state index in [1.54, 1.807) is 26.8 Å². The Hall–Kier alpha value is -3.28. The van der Waals surface area contributed by atoms with Gasteiger partial charge in [0.25, 0.3) is 5.91 Å². The first-order valence-electron chi connectivity index (χ1n) is 8.38. The van der Waals surface area contributed by atoms with Gasteiger partial charge in [-0.05, 0) is 30.5 Å². The Morgan fingerprint density at radius 2 is 1.83 bits per heavy atom. The first kappa shape index (κ1) is 22.0. The normalized spacial score (nSPS) is 11.7. The number of hydrogen-bond acceptors (Lipinski definition) is 4. The molecule has 0 saturated heterocycles. The summed E-state index contributed by atoms with van der Waals surface area (Å²) in [5.74, 6) is -3.05. The molecule has 0 aliphatic rings. The number of hydrogen-bond donors (Lipinski definition) is 2. The van der Waals surface area contributed by atoms with Crippen LogP contribution < -0.4 is 10.1 Å². The van der Waals surface area contributed by atoms with Gasteiger partial charge in [0, 0.05) is 17.2 Å². The number of nitriles is 1. The predicted molar refractivity (Wildman–Crippen MR) is 97.3 cm³/mol. The monoisotopic (exact) mass is 410 g/mol. The maximum absolute atomic E-state index is 14.3. The summed E-state index contributed by atoms with van der Waals surface area (Å²) < 4.78 is 56.2. The minimum Gasteiger partial charge on any atom is -0.507 e. The number of ether oxygens (including phenoxy) is 1. The molecule has 2 aromatic carbocycles. The van der Waals surface area contributed by atoms with Gasteiger partial charge in [-0.2, -0.15) is 5.26 Å². The first-order valence-corrected chi connectivity index (χ1v) is 8.38. The minimum absolute atomic E-state index is 0.123. The lowest BCUT2D eigenvalue weighted by molar-refractivity contribution is -0.274. The average molecular weight is 410 g/mol. The van der Waals surface area contributed by atoms with Crippen LogP contribution in [0.25, 0.3) is 0 Å². The highest BCUT2D eigenvalue weighted by Crippen LogP contribution is 2.37. The van der Waals surface area contributed by atoms with E-state index in [0.717, 1.165) is 18.2 Å². The molecule has 1 amide bonds. The second-order valence-corrected chi connectivity index (χ2v) is 7.33. The van der Waals surface area contributed by atoms with E-state index in [4.69, 9.17) is 5.26 Å². The van der Waals surface area contributed by atoms with Crippen molar-refractivity contribution < 1.29 is 32.2 Å². The Kier molecular flexibility index (Phi) is 5.79. The summed E-state index contributed by atoms with van der Waals surface area (Å²) in [7, 11) is 0. The average Bonchev–Trinajstić information content (AvgIpc) is 2.57. The fourth-order valence-electron chi connectivity index (χ4n) is 2.67. The number of carbonyl (C=O) groups excluding carboxylic acids is 1. The van der Waals surface area contributed by atoms with Crippen LogP contribution in [0.2, 0.25) is 0 Å². The SMILES string of the molecule is Cc1c(F)cc(C(C)(C)C)c(O)c1C(=O)Nc1ccc(C#N)cc1OC(F)(F)F. The number of amides is 1. The van der Waals surface area contributed by atoms with E-state index >= 15 is 0 Å². The summed E-state index contributed by atoms with van der Waals surface area (Å²) in [5.41, 5.74) is -1.63. The third-order valence-electron chi connectivity index (χ3n) is 4.12. The Balaban J connectivity index is 2.54. The fraction of sp³-hybridized carbons (Fsp3) is 0.300. The van der Waals surface area contributed by atoms with Crippen molar-refractivity contribution in [2.24, 2.45) is 0 Å². The van der Waals surface area contributed by atoms with Crippen LogP contribution in [-0.4, -0.2) is 17.4 Å². The number of phenolic OH excluding ortho intramolecular Hbond substituents is 1. The molecule has 2 rings (SSSR count). The van der Waals surface area contributed by atoms with Crippen molar-refractivity contribution in [3.8, 4) is 17.6 Å². The molecule has 29 heavy (non-hydrogen) atoms. The molecule has 2 N–H and O–H groups in total. The van der Waals surface area contributed by atoms with Crippen molar-refractivity contribution in [2.45, 2.75) is 39.5 Å². The van der Waals surface area contributed by atoms with Crippen molar-refractivity contribution >= 4 is 11.6 Å². The van der Waals surface area contributed by atoms with Crippen molar-refractivity contribution in [1.29, 1.82) is 5.26 Å². The molecule has 2 aromatic rings. The van der Waals surface area contributed by atoms with Crippen LogP contribution in [0.5, 0.6) is 11.5 Å². The van der Waals surface area contributed by atoms with Crippen molar-refractivity contribution in [3.05, 3.63) is 52.3 Å². The molecule has 0 fully saturated rings. The smallest absolute Gasteiger partial charge is 0.507 e. The highest BCUT2D eigenvalue weighted by atomic mass is 19.4. The van der Waals surface area contributed by atoms with Gasteiger partial charge in [0.05, 0.1) is 22.9 Å². The number of carbonyl (C=O) groups is 1. The molecule has 0 unspecified atom stereocenters. The van der Waals surface area contributed by atoms with Crippen LogP contribution in [-0.2, 0) is 5.41 Å². The summed E-state index contributed by atoms with van der Waals surface area (Å²) >= 11 is 0. The van der Waals surface area contributed by atoms with Crippen LogP contribution in [0.15, 0.2) is 24.3 Å². The first-order chi connectivity index (χ1) is 13.2. The van der Waals surface area contributed by atoms with Crippen LogP contribution in [0.3, 0.4) is 0 Å². The lowest BCUT2D eigenvalue weighted by atomic mass is 9.84. The summed E-state index contributed by atoms with van der Waals surface area (Å²) in [6, 6.07) is 5.81. The molecule has 0 spiro atoms. The number of phenols is 1. The summed E-state index contributed by atoms with van der Waals surface area (Å²) in [6.45, 7) is 6.37. The molecule has 9 heteroatoms. The molecule has 0 saturated carbocycles. The second kappa shape index (κ2) is 7.62. The predicted octanol–water partition coefficient (Wildman–Crippen LogP) is 5.16. The van der Waals surface area contributed by atoms with Gasteiger partial charge >= 0.3 is 6.36 Å². The minimum atomic E-state index is -5.07. The molecule has 0 aliphatic heterocycles. The number of nitrogens with zero attached hydrogens (tertiary/aromatic N) is 1. The molecular formula is C20H18F4N2O3. The quantitative estimate of drug-likeness (QED) is 0.685. The number of rotatable bonds is 3. The Labute approximate surface area is 164 Å². The molecule has 0 radical (unpaired) electrons. The van der Waals surface area contributed by atoms with Crippen LogP contribution >= 0.6 is 0 Å². The van der Waals surface area contributed by atoms with Gasteiger partial charge in [0.2, 0.25) is 0 Å². The topological polar surface area (TPSA) is 82.4 Å². The van der Waals surface area contributed by atoms with Gasteiger partial charge < -0.3 is 15.2 Å². The number of alkyl halides is 3. The van der Waals surface area contributed by atoms with Gasteiger partial charge in [-0.3, -0.25) is 4.79 Å². The molecule has 0 atom stereocenters. The third-order valence-corrected chi connectivity index (χ3v) is 4.12. The van der Waals surface area contributed by atoms with E-state index in [2.05, 4.69) is 10.1 Å². The number of halogens is 4. The molecule has 0 bridgehead atoms. The van der Waals surface area contributed by atoms with Crippen molar-refractivity contribution in [2.75, 3.05) is 5.32 Å². The standard InChI is InChI=1S/C20H18F4N2O3/c1-10-13(21)8-12(19(2,3)4)17(27)16(10)18(28)26-14-6-5-11(9-25)7-15(14)29-20(22,23)24/h5-8,27H,1-4H3,(H,26,28). The van der Waals surface area contributed by atoms with Gasteiger partial charge in [-0.25, -0.2) is 4.39 Å². The third kappa shape index (κ3) is 4.96. The Morgan fingerprint density at radius 1 is 1.21 bits per heavy atom. The summed E-state index contributed by atoms with van der Waals surface area (Å²) in [6.07, 6.45) is -5.07. The molecular weight excluding hydrogens is 392 g/mol. The maximum Gasteiger partial charge on any atom is 0.573 e. The zero-order chi connectivity index (χ0) is 22.1. The molecule has 0 aromatic heterocycles. The van der Waals surface area contributed by atoms with E-state index in [0.29, 0.717) is 0 Å². The second-order valence-electron chi connectivity index (χ2n) is 7.33. The zero-order valence-corrected chi connectivity index (χ0v) is 16.0.